The lowest BCUT2D eigenvalue weighted by Crippen LogP contribution is -2.35. The molecule has 0 aliphatic carbocycles. The summed E-state index contributed by atoms with van der Waals surface area (Å²) in [5.41, 5.74) is -0.555. The van der Waals surface area contributed by atoms with Gasteiger partial charge in [0.15, 0.2) is 0 Å². The van der Waals surface area contributed by atoms with Gasteiger partial charge in [-0.15, -0.1) is 11.3 Å². The summed E-state index contributed by atoms with van der Waals surface area (Å²) in [5, 5.41) is 10.0. The van der Waals surface area contributed by atoms with E-state index in [0.29, 0.717) is 25.9 Å². The molecule has 0 fully saturated rings. The zero-order chi connectivity index (χ0) is 18.7. The van der Waals surface area contributed by atoms with Crippen LogP contribution in [0, 0.1) is 0 Å². The smallest absolute Gasteiger partial charge is 0.407 e. The molecule has 140 valence electrons. The van der Waals surface area contributed by atoms with Crippen molar-refractivity contribution in [1.29, 1.82) is 0 Å². The second-order valence-electron chi connectivity index (χ2n) is 6.49. The van der Waals surface area contributed by atoms with Crippen LogP contribution in [0.1, 0.15) is 38.5 Å². The Labute approximate surface area is 152 Å². The van der Waals surface area contributed by atoms with Gasteiger partial charge in [-0.2, -0.15) is 0 Å². The molecule has 3 amide bonds. The fourth-order valence-corrected chi connectivity index (χ4v) is 2.56. The molecule has 0 saturated heterocycles. The van der Waals surface area contributed by atoms with Gasteiger partial charge in [-0.1, -0.05) is 6.07 Å². The van der Waals surface area contributed by atoms with Gasteiger partial charge in [0.25, 0.3) is 0 Å². The van der Waals surface area contributed by atoms with Gasteiger partial charge < -0.3 is 20.7 Å². The van der Waals surface area contributed by atoms with Crippen LogP contribution in [0.3, 0.4) is 0 Å². The monoisotopic (exact) mass is 369 g/mol. The highest BCUT2D eigenvalue weighted by Gasteiger charge is 2.15. The van der Waals surface area contributed by atoms with Crippen LogP contribution in [0.4, 0.5) is 4.79 Å². The molecule has 0 atom stereocenters. The van der Waals surface area contributed by atoms with Crippen LogP contribution in [-0.4, -0.2) is 43.1 Å². The fourth-order valence-electron chi connectivity index (χ4n) is 1.86. The Morgan fingerprint density at radius 3 is 2.32 bits per heavy atom. The molecule has 3 N–H and O–H groups in total. The second-order valence-corrected chi connectivity index (χ2v) is 7.52. The quantitative estimate of drug-likeness (QED) is 0.579. The summed E-state index contributed by atoms with van der Waals surface area (Å²) in [6.07, 6.45) is 0.694. The first kappa shape index (κ1) is 21.0. The number of rotatable bonds is 9. The topological polar surface area (TPSA) is 96.5 Å². The molecule has 7 nitrogen and oxygen atoms in total. The third-order valence-corrected chi connectivity index (χ3v) is 3.81. The summed E-state index contributed by atoms with van der Waals surface area (Å²) in [7, 11) is 0. The first-order chi connectivity index (χ1) is 11.8. The molecule has 0 aromatic carbocycles. The van der Waals surface area contributed by atoms with E-state index in [1.165, 1.54) is 0 Å². The largest absolute Gasteiger partial charge is 0.444 e. The van der Waals surface area contributed by atoms with Crippen LogP contribution in [-0.2, 0) is 20.7 Å². The maximum atomic E-state index is 11.7. The molecular formula is C17H27N3O4S. The standard InChI is InChI=1S/C17H27N3O4S/c1-17(2,3)24-16(23)20-10-7-14(21)18-8-5-9-19-15(22)12-13-6-4-11-25-13/h4,6,11H,5,7-10,12H2,1-3H3,(H,18,21)(H,19,22)(H,20,23). The van der Waals surface area contributed by atoms with Gasteiger partial charge in [-0.25, -0.2) is 4.79 Å². The van der Waals surface area contributed by atoms with Crippen molar-refractivity contribution >= 4 is 29.2 Å². The molecule has 8 heteroatoms. The number of alkyl carbamates (subject to hydrolysis) is 1. The lowest BCUT2D eigenvalue weighted by molar-refractivity contribution is -0.121. The van der Waals surface area contributed by atoms with Gasteiger partial charge in [0.05, 0.1) is 6.42 Å². The predicted octanol–water partition coefficient (Wildman–Crippen LogP) is 1.83. The molecule has 0 radical (unpaired) electrons. The van der Waals surface area contributed by atoms with Gasteiger partial charge in [-0.05, 0) is 38.6 Å². The van der Waals surface area contributed by atoms with E-state index in [1.807, 2.05) is 17.5 Å². The summed E-state index contributed by atoms with van der Waals surface area (Å²) < 4.78 is 5.07. The summed E-state index contributed by atoms with van der Waals surface area (Å²) in [6.45, 7) is 6.54. The number of hydrogen-bond donors (Lipinski definition) is 3. The van der Waals surface area contributed by atoms with E-state index in [2.05, 4.69) is 16.0 Å². The van der Waals surface area contributed by atoms with Gasteiger partial charge in [0.1, 0.15) is 5.60 Å². The molecular weight excluding hydrogens is 342 g/mol. The minimum absolute atomic E-state index is 0.0182. The van der Waals surface area contributed by atoms with E-state index >= 15 is 0 Å². The fraction of sp³-hybridized carbons (Fsp3) is 0.588. The highest BCUT2D eigenvalue weighted by Crippen LogP contribution is 2.08. The molecule has 0 unspecified atom stereocenters. The van der Waals surface area contributed by atoms with Crippen LogP contribution in [0.15, 0.2) is 17.5 Å². The Morgan fingerprint density at radius 2 is 1.72 bits per heavy atom. The Kier molecular flexibility index (Phi) is 8.98. The molecule has 0 aliphatic heterocycles. The zero-order valence-electron chi connectivity index (χ0n) is 15.0. The first-order valence-corrected chi connectivity index (χ1v) is 9.17. The van der Waals surface area contributed by atoms with Crippen molar-refractivity contribution in [2.24, 2.45) is 0 Å². The van der Waals surface area contributed by atoms with E-state index in [4.69, 9.17) is 4.74 Å². The molecule has 0 saturated carbocycles. The van der Waals surface area contributed by atoms with Crippen LogP contribution in [0.25, 0.3) is 0 Å². The van der Waals surface area contributed by atoms with Gasteiger partial charge in [0.2, 0.25) is 11.8 Å². The van der Waals surface area contributed by atoms with Crippen LogP contribution >= 0.6 is 11.3 Å². The summed E-state index contributed by atoms with van der Waals surface area (Å²) >= 11 is 1.55. The number of thiophene rings is 1. The van der Waals surface area contributed by atoms with Gasteiger partial charge in [0, 0.05) is 30.9 Å². The molecule has 1 aromatic heterocycles. The number of carbonyl (C=O) groups excluding carboxylic acids is 3. The third-order valence-electron chi connectivity index (χ3n) is 2.93. The Bertz CT molecular complexity index is 553. The number of carbonyl (C=O) groups is 3. The lowest BCUT2D eigenvalue weighted by atomic mass is 10.2. The molecule has 0 spiro atoms. The van der Waals surface area contributed by atoms with Crippen LogP contribution in [0.5, 0.6) is 0 Å². The summed E-state index contributed by atoms with van der Waals surface area (Å²) in [5.74, 6) is -0.170. The SMILES string of the molecule is CC(C)(C)OC(=O)NCCC(=O)NCCCNC(=O)Cc1cccs1. The number of amides is 3. The van der Waals surface area contributed by atoms with E-state index in [0.717, 1.165) is 4.88 Å². The van der Waals surface area contributed by atoms with Crippen LogP contribution in [0.2, 0.25) is 0 Å². The molecule has 0 aliphatic rings. The van der Waals surface area contributed by atoms with Crippen molar-refractivity contribution in [3.05, 3.63) is 22.4 Å². The highest BCUT2D eigenvalue weighted by molar-refractivity contribution is 7.10. The number of nitrogens with one attached hydrogen (secondary N) is 3. The van der Waals surface area contributed by atoms with Gasteiger partial charge >= 0.3 is 6.09 Å². The second kappa shape index (κ2) is 10.7. The minimum Gasteiger partial charge on any atom is -0.444 e. The van der Waals surface area contributed by atoms with Crippen molar-refractivity contribution < 1.29 is 19.1 Å². The number of hydrogen-bond acceptors (Lipinski definition) is 5. The molecule has 1 heterocycles. The van der Waals surface area contributed by atoms with Crippen molar-refractivity contribution in [2.45, 2.75) is 45.6 Å². The lowest BCUT2D eigenvalue weighted by Gasteiger charge is -2.19. The Morgan fingerprint density at radius 1 is 1.04 bits per heavy atom. The zero-order valence-corrected chi connectivity index (χ0v) is 15.8. The average molecular weight is 369 g/mol. The van der Waals surface area contributed by atoms with E-state index in [-0.39, 0.29) is 24.8 Å². The van der Waals surface area contributed by atoms with Crippen molar-refractivity contribution in [1.82, 2.24) is 16.0 Å². The third kappa shape index (κ3) is 11.1. The van der Waals surface area contributed by atoms with Crippen molar-refractivity contribution in [3.63, 3.8) is 0 Å². The molecule has 1 aromatic rings. The van der Waals surface area contributed by atoms with Crippen molar-refractivity contribution in [3.8, 4) is 0 Å². The molecule has 1 rings (SSSR count). The highest BCUT2D eigenvalue weighted by atomic mass is 32.1. The Hall–Kier alpha value is -2.09. The van der Waals surface area contributed by atoms with Crippen LogP contribution < -0.4 is 16.0 Å². The maximum absolute atomic E-state index is 11.7. The maximum Gasteiger partial charge on any atom is 0.407 e. The first-order valence-electron chi connectivity index (χ1n) is 8.29. The molecule has 25 heavy (non-hydrogen) atoms. The average Bonchev–Trinajstić information content (AvgIpc) is 2.97. The minimum atomic E-state index is -0.555. The predicted molar refractivity (Wildman–Crippen MR) is 97.5 cm³/mol. The van der Waals surface area contributed by atoms with E-state index in [1.54, 1.807) is 32.1 Å². The van der Waals surface area contributed by atoms with Gasteiger partial charge in [-0.3, -0.25) is 9.59 Å². The summed E-state index contributed by atoms with van der Waals surface area (Å²) in [6, 6.07) is 3.84. The summed E-state index contributed by atoms with van der Waals surface area (Å²) in [4.78, 5) is 35.7. The van der Waals surface area contributed by atoms with E-state index < -0.39 is 11.7 Å². The Balaban J connectivity index is 1.99. The molecule has 0 bridgehead atoms. The van der Waals surface area contributed by atoms with Crippen molar-refractivity contribution in [2.75, 3.05) is 19.6 Å². The normalized spacial score (nSPS) is 10.8. The number of ether oxygens (including phenoxy) is 1. The van der Waals surface area contributed by atoms with E-state index in [9.17, 15) is 14.4 Å².